The Morgan fingerprint density at radius 3 is 2.31 bits per heavy atom. The Labute approximate surface area is 95.8 Å². The minimum Gasteiger partial charge on any atom is -0.478 e. The van der Waals surface area contributed by atoms with Crippen molar-refractivity contribution >= 4 is 24.5 Å². The highest BCUT2D eigenvalue weighted by atomic mass is 35.5. The van der Waals surface area contributed by atoms with E-state index >= 15 is 0 Å². The number of hydrogen-bond acceptors (Lipinski definition) is 1. The average Bonchev–Trinajstić information content (AvgIpc) is 2.13. The summed E-state index contributed by atoms with van der Waals surface area (Å²) in [7, 11) is 0. The highest BCUT2D eigenvalue weighted by Gasteiger charge is 2.32. The molecule has 2 nitrogen and oxygen atoms in total. The highest BCUT2D eigenvalue weighted by molar-refractivity contribution is 5.85. The van der Waals surface area contributed by atoms with Gasteiger partial charge in [0.15, 0.2) is 0 Å². The van der Waals surface area contributed by atoms with Crippen molar-refractivity contribution in [3.05, 3.63) is 41.5 Å². The van der Waals surface area contributed by atoms with Gasteiger partial charge in [0.2, 0.25) is 0 Å². The Balaban J connectivity index is 0.00000225. The minimum atomic E-state index is -4.47. The first-order valence-corrected chi connectivity index (χ1v) is 3.98. The summed E-state index contributed by atoms with van der Waals surface area (Å²) in [6.07, 6.45) is -2.88. The molecule has 1 aromatic carbocycles. The van der Waals surface area contributed by atoms with Crippen molar-refractivity contribution in [1.82, 2.24) is 0 Å². The van der Waals surface area contributed by atoms with Gasteiger partial charge in [0.1, 0.15) is 0 Å². The van der Waals surface area contributed by atoms with E-state index in [1.165, 1.54) is 18.2 Å². The van der Waals surface area contributed by atoms with Crippen LogP contribution in [0.1, 0.15) is 11.1 Å². The fourth-order valence-corrected chi connectivity index (χ4v) is 1.06. The molecule has 0 heterocycles. The van der Waals surface area contributed by atoms with Gasteiger partial charge >= 0.3 is 12.1 Å². The molecule has 0 amide bonds. The van der Waals surface area contributed by atoms with Crippen molar-refractivity contribution in [3.8, 4) is 0 Å². The number of halogens is 4. The summed E-state index contributed by atoms with van der Waals surface area (Å²) in [5.41, 5.74) is -1.00. The van der Waals surface area contributed by atoms with E-state index < -0.39 is 17.7 Å². The van der Waals surface area contributed by atoms with Gasteiger partial charge in [0, 0.05) is 6.08 Å². The van der Waals surface area contributed by atoms with Crippen LogP contribution in [0.3, 0.4) is 0 Å². The molecule has 0 aromatic heterocycles. The molecule has 1 aromatic rings. The molecular formula is C10H8ClF3O2. The van der Waals surface area contributed by atoms with Gasteiger partial charge < -0.3 is 5.11 Å². The van der Waals surface area contributed by atoms with Crippen molar-refractivity contribution in [2.24, 2.45) is 0 Å². The molecule has 88 valence electrons. The third-order valence-electron chi connectivity index (χ3n) is 1.67. The summed E-state index contributed by atoms with van der Waals surface area (Å²) in [5.74, 6) is -1.29. The van der Waals surface area contributed by atoms with Gasteiger partial charge in [-0.2, -0.15) is 13.2 Å². The minimum absolute atomic E-state index is 0. The summed E-state index contributed by atoms with van der Waals surface area (Å²) in [6, 6.07) is 4.78. The number of alkyl halides is 3. The van der Waals surface area contributed by atoms with Crippen molar-refractivity contribution in [2.75, 3.05) is 0 Å². The van der Waals surface area contributed by atoms with Gasteiger partial charge in [0.25, 0.3) is 0 Å². The first-order chi connectivity index (χ1) is 6.91. The van der Waals surface area contributed by atoms with Gasteiger partial charge in [-0.25, -0.2) is 4.79 Å². The molecule has 0 aliphatic heterocycles. The van der Waals surface area contributed by atoms with E-state index in [2.05, 4.69) is 0 Å². The lowest BCUT2D eigenvalue weighted by molar-refractivity contribution is -0.138. The van der Waals surface area contributed by atoms with Gasteiger partial charge in [-0.05, 0) is 17.7 Å². The smallest absolute Gasteiger partial charge is 0.416 e. The van der Waals surface area contributed by atoms with Crippen LogP contribution in [0.25, 0.3) is 6.08 Å². The summed E-state index contributed by atoms with van der Waals surface area (Å²) in [6.45, 7) is 0. The fourth-order valence-electron chi connectivity index (χ4n) is 1.06. The normalized spacial score (nSPS) is 11.2. The number of rotatable bonds is 2. The molecule has 0 fully saturated rings. The molecule has 0 unspecified atom stereocenters. The Bertz CT molecular complexity index is 399. The Kier molecular flexibility index (Phi) is 5.04. The molecule has 0 saturated heterocycles. The number of hydrogen-bond donors (Lipinski definition) is 1. The Morgan fingerprint density at radius 2 is 1.81 bits per heavy atom. The zero-order valence-corrected chi connectivity index (χ0v) is 8.68. The molecular weight excluding hydrogens is 245 g/mol. The fraction of sp³-hybridized carbons (Fsp3) is 0.100. The van der Waals surface area contributed by atoms with Crippen LogP contribution in [0.15, 0.2) is 30.3 Å². The van der Waals surface area contributed by atoms with Crippen LogP contribution in [-0.4, -0.2) is 11.1 Å². The van der Waals surface area contributed by atoms with Gasteiger partial charge in [-0.1, -0.05) is 18.2 Å². The first-order valence-electron chi connectivity index (χ1n) is 3.98. The monoisotopic (exact) mass is 252 g/mol. The second-order valence-electron chi connectivity index (χ2n) is 2.76. The van der Waals surface area contributed by atoms with Crippen LogP contribution in [0.2, 0.25) is 0 Å². The van der Waals surface area contributed by atoms with E-state index in [1.54, 1.807) is 0 Å². The molecule has 0 spiro atoms. The van der Waals surface area contributed by atoms with Crippen LogP contribution in [0, 0.1) is 0 Å². The number of carboxylic acids is 1. The summed E-state index contributed by atoms with van der Waals surface area (Å²) >= 11 is 0. The van der Waals surface area contributed by atoms with Crippen LogP contribution in [0.4, 0.5) is 13.2 Å². The van der Waals surface area contributed by atoms with E-state index in [-0.39, 0.29) is 18.0 Å². The topological polar surface area (TPSA) is 37.3 Å². The second-order valence-corrected chi connectivity index (χ2v) is 2.76. The molecule has 0 atom stereocenters. The molecule has 1 rings (SSSR count). The number of carboxylic acid groups (broad SMARTS) is 1. The molecule has 0 aliphatic carbocycles. The number of carbonyl (C=O) groups is 1. The van der Waals surface area contributed by atoms with Crippen molar-refractivity contribution in [2.45, 2.75) is 6.18 Å². The summed E-state index contributed by atoms with van der Waals surface area (Å²) in [5, 5.41) is 8.30. The third-order valence-corrected chi connectivity index (χ3v) is 1.67. The maximum Gasteiger partial charge on any atom is 0.416 e. The lowest BCUT2D eigenvalue weighted by Crippen LogP contribution is -2.06. The maximum atomic E-state index is 12.4. The van der Waals surface area contributed by atoms with Gasteiger partial charge in [0.05, 0.1) is 5.56 Å². The van der Waals surface area contributed by atoms with Crippen molar-refractivity contribution < 1.29 is 23.1 Å². The van der Waals surface area contributed by atoms with Crippen LogP contribution in [0.5, 0.6) is 0 Å². The molecule has 0 radical (unpaired) electrons. The van der Waals surface area contributed by atoms with Crippen molar-refractivity contribution in [3.63, 3.8) is 0 Å². The predicted molar refractivity (Wildman–Crippen MR) is 55.4 cm³/mol. The number of benzene rings is 1. The maximum absolute atomic E-state index is 12.4. The van der Waals surface area contributed by atoms with Crippen molar-refractivity contribution in [1.29, 1.82) is 0 Å². The summed E-state index contributed by atoms with van der Waals surface area (Å²) in [4.78, 5) is 10.2. The number of aliphatic carboxylic acids is 1. The molecule has 0 bridgehead atoms. The molecule has 6 heteroatoms. The molecule has 1 N–H and O–H groups in total. The van der Waals surface area contributed by atoms with Gasteiger partial charge in [-0.3, -0.25) is 0 Å². The van der Waals surface area contributed by atoms with E-state index in [0.717, 1.165) is 12.1 Å². The quantitative estimate of drug-likeness (QED) is 0.821. The molecule has 0 aliphatic rings. The second kappa shape index (κ2) is 5.55. The van der Waals surface area contributed by atoms with E-state index in [4.69, 9.17) is 5.11 Å². The molecule has 0 saturated carbocycles. The Morgan fingerprint density at radius 1 is 1.25 bits per heavy atom. The third kappa shape index (κ3) is 3.94. The zero-order chi connectivity index (χ0) is 11.5. The van der Waals surface area contributed by atoms with E-state index in [0.29, 0.717) is 6.08 Å². The van der Waals surface area contributed by atoms with E-state index in [9.17, 15) is 18.0 Å². The SMILES string of the molecule is Cl.O=C(O)C=Cc1ccccc1C(F)(F)F. The highest BCUT2D eigenvalue weighted by Crippen LogP contribution is 2.32. The van der Waals surface area contributed by atoms with Crippen LogP contribution >= 0.6 is 12.4 Å². The lowest BCUT2D eigenvalue weighted by atomic mass is 10.1. The molecule has 16 heavy (non-hydrogen) atoms. The lowest BCUT2D eigenvalue weighted by Gasteiger charge is -2.09. The standard InChI is InChI=1S/C10H7F3O2.ClH/c11-10(12,13)8-4-2-1-3-7(8)5-6-9(14)15;/h1-6H,(H,14,15);1H. The van der Waals surface area contributed by atoms with E-state index in [1.807, 2.05) is 0 Å². The predicted octanol–water partition coefficient (Wildman–Crippen LogP) is 3.23. The van der Waals surface area contributed by atoms with Crippen LogP contribution in [-0.2, 0) is 11.0 Å². The largest absolute Gasteiger partial charge is 0.478 e. The summed E-state index contributed by atoms with van der Waals surface area (Å²) < 4.78 is 37.2. The van der Waals surface area contributed by atoms with Gasteiger partial charge in [-0.15, -0.1) is 12.4 Å². The average molecular weight is 253 g/mol. The zero-order valence-electron chi connectivity index (χ0n) is 7.86. The Hall–Kier alpha value is -1.49. The van der Waals surface area contributed by atoms with Crippen LogP contribution < -0.4 is 0 Å². The first kappa shape index (κ1) is 14.5.